The van der Waals surface area contributed by atoms with E-state index in [1.807, 2.05) is 45.2 Å². The number of alkyl halides is 1. The third-order valence-electron chi connectivity index (χ3n) is 7.12. The van der Waals surface area contributed by atoms with Crippen LogP contribution in [0.4, 0.5) is 4.39 Å². The summed E-state index contributed by atoms with van der Waals surface area (Å²) >= 11 is 0. The van der Waals surface area contributed by atoms with E-state index in [0.717, 1.165) is 55.7 Å². The summed E-state index contributed by atoms with van der Waals surface area (Å²) in [6.45, 7) is 13.1. The van der Waals surface area contributed by atoms with E-state index in [4.69, 9.17) is 4.74 Å². The van der Waals surface area contributed by atoms with Crippen LogP contribution < -0.4 is 0 Å². The maximum atomic E-state index is 13.6. The molecule has 2 heterocycles. The molecule has 36 heavy (non-hydrogen) atoms. The number of carbonyl (C=O) groups is 2. The zero-order valence-electron chi connectivity index (χ0n) is 22.5. The van der Waals surface area contributed by atoms with Gasteiger partial charge in [0.1, 0.15) is 24.8 Å². The van der Waals surface area contributed by atoms with Gasteiger partial charge in [0, 0.05) is 38.6 Å². The van der Waals surface area contributed by atoms with Crippen molar-refractivity contribution in [3.63, 3.8) is 0 Å². The number of halogens is 1. The second kappa shape index (κ2) is 15.6. The molecular formula is C29H44FN3O3. The van der Waals surface area contributed by atoms with Gasteiger partial charge in [-0.1, -0.05) is 49.5 Å². The van der Waals surface area contributed by atoms with Gasteiger partial charge in [0.2, 0.25) is 5.91 Å². The van der Waals surface area contributed by atoms with Gasteiger partial charge >= 0.3 is 0 Å². The molecule has 0 aromatic rings. The number of likely N-dealkylation sites (N-methyl/N-ethyl adjacent to an activating group) is 1. The Morgan fingerprint density at radius 1 is 1.31 bits per heavy atom. The van der Waals surface area contributed by atoms with E-state index >= 15 is 0 Å². The number of aldehydes is 1. The Balaban J connectivity index is 2.14. The number of piperazine rings is 1. The minimum absolute atomic E-state index is 0.0354. The highest BCUT2D eigenvalue weighted by atomic mass is 19.1. The van der Waals surface area contributed by atoms with Gasteiger partial charge in [-0.2, -0.15) is 0 Å². The van der Waals surface area contributed by atoms with Crippen LogP contribution in [0.2, 0.25) is 0 Å². The van der Waals surface area contributed by atoms with Crippen molar-refractivity contribution in [1.82, 2.24) is 14.7 Å². The molecule has 0 aromatic heterocycles. The predicted molar refractivity (Wildman–Crippen MR) is 144 cm³/mol. The molecular weight excluding hydrogens is 457 g/mol. The van der Waals surface area contributed by atoms with Crippen molar-refractivity contribution in [2.24, 2.45) is 5.92 Å². The molecule has 200 valence electrons. The highest BCUT2D eigenvalue weighted by molar-refractivity contribution is 5.84. The van der Waals surface area contributed by atoms with Crippen LogP contribution in [0.3, 0.4) is 0 Å². The lowest BCUT2D eigenvalue weighted by molar-refractivity contribution is -0.140. The summed E-state index contributed by atoms with van der Waals surface area (Å²) in [7, 11) is 1.97. The zero-order valence-corrected chi connectivity index (χ0v) is 22.5. The number of rotatable bonds is 13. The lowest BCUT2D eigenvalue weighted by Gasteiger charge is -2.42. The first-order chi connectivity index (χ1) is 17.4. The van der Waals surface area contributed by atoms with Crippen LogP contribution in [-0.2, 0) is 14.3 Å². The maximum absolute atomic E-state index is 13.6. The number of carbonyl (C=O) groups excluding carboxylic acids is 2. The molecule has 2 aliphatic rings. The molecule has 1 saturated heterocycles. The molecule has 2 aliphatic heterocycles. The number of amides is 1. The van der Waals surface area contributed by atoms with E-state index in [1.54, 1.807) is 11.0 Å². The molecule has 7 heteroatoms. The minimum atomic E-state index is -0.526. The Bertz CT molecular complexity index is 864. The van der Waals surface area contributed by atoms with Crippen LogP contribution in [0.5, 0.6) is 0 Å². The summed E-state index contributed by atoms with van der Waals surface area (Å²) in [6, 6.07) is -0.317. The lowest BCUT2D eigenvalue weighted by atomic mass is 9.87. The Morgan fingerprint density at radius 3 is 2.69 bits per heavy atom. The van der Waals surface area contributed by atoms with Crippen molar-refractivity contribution in [1.29, 1.82) is 0 Å². The van der Waals surface area contributed by atoms with Crippen molar-refractivity contribution in [2.45, 2.75) is 52.2 Å². The van der Waals surface area contributed by atoms with Gasteiger partial charge < -0.3 is 14.4 Å². The van der Waals surface area contributed by atoms with E-state index in [2.05, 4.69) is 23.3 Å². The van der Waals surface area contributed by atoms with Gasteiger partial charge in [0.15, 0.2) is 0 Å². The van der Waals surface area contributed by atoms with Crippen molar-refractivity contribution >= 4 is 12.2 Å². The Hall–Kier alpha value is -2.51. The van der Waals surface area contributed by atoms with Gasteiger partial charge in [-0.3, -0.25) is 14.6 Å². The molecule has 0 spiro atoms. The molecule has 3 atom stereocenters. The van der Waals surface area contributed by atoms with E-state index in [1.165, 1.54) is 6.08 Å². The fourth-order valence-corrected chi connectivity index (χ4v) is 4.97. The van der Waals surface area contributed by atoms with Crippen LogP contribution in [-0.4, -0.2) is 92.0 Å². The van der Waals surface area contributed by atoms with Crippen LogP contribution >= 0.6 is 0 Å². The van der Waals surface area contributed by atoms with Crippen molar-refractivity contribution in [2.75, 3.05) is 53.0 Å². The van der Waals surface area contributed by atoms with E-state index in [-0.39, 0.29) is 30.5 Å². The molecule has 0 radical (unpaired) electrons. The van der Waals surface area contributed by atoms with Crippen LogP contribution in [0.1, 0.15) is 40.0 Å². The summed E-state index contributed by atoms with van der Waals surface area (Å²) in [5.74, 6) is 1.15. The second-order valence-electron chi connectivity index (χ2n) is 9.48. The second-order valence-corrected chi connectivity index (χ2v) is 9.48. The topological polar surface area (TPSA) is 53.1 Å². The average molecular weight is 502 g/mol. The van der Waals surface area contributed by atoms with E-state index in [9.17, 15) is 14.0 Å². The molecule has 1 amide bonds. The van der Waals surface area contributed by atoms with Crippen molar-refractivity contribution in [3.8, 4) is 0 Å². The molecule has 0 aromatic carbocycles. The summed E-state index contributed by atoms with van der Waals surface area (Å²) in [6.07, 6.45) is 14.4. The lowest BCUT2D eigenvalue weighted by Crippen LogP contribution is -2.59. The monoisotopic (exact) mass is 501 g/mol. The molecule has 1 fully saturated rings. The Morgan fingerprint density at radius 2 is 2.08 bits per heavy atom. The van der Waals surface area contributed by atoms with Gasteiger partial charge in [0.25, 0.3) is 0 Å². The third kappa shape index (κ3) is 8.27. The molecule has 0 saturated carbocycles. The highest BCUT2D eigenvalue weighted by Gasteiger charge is 2.35. The van der Waals surface area contributed by atoms with Crippen molar-refractivity contribution < 1.29 is 18.7 Å². The summed E-state index contributed by atoms with van der Waals surface area (Å²) < 4.78 is 18.7. The minimum Gasteiger partial charge on any atom is -0.490 e. The van der Waals surface area contributed by atoms with Gasteiger partial charge in [0.05, 0.1) is 12.6 Å². The van der Waals surface area contributed by atoms with Gasteiger partial charge in [-0.25, -0.2) is 4.39 Å². The summed E-state index contributed by atoms with van der Waals surface area (Å²) in [5.41, 5.74) is 2.07. The normalized spacial score (nSPS) is 24.4. The largest absolute Gasteiger partial charge is 0.490 e. The summed E-state index contributed by atoms with van der Waals surface area (Å²) in [4.78, 5) is 31.0. The number of ether oxygens (including phenoxy) is 1. The van der Waals surface area contributed by atoms with Crippen LogP contribution in [0.15, 0.2) is 59.9 Å². The van der Waals surface area contributed by atoms with Gasteiger partial charge in [-0.05, 0) is 51.8 Å². The smallest absolute Gasteiger partial charge is 0.241 e. The maximum Gasteiger partial charge on any atom is 0.241 e. The predicted octanol–water partition coefficient (Wildman–Crippen LogP) is 4.32. The van der Waals surface area contributed by atoms with E-state index in [0.29, 0.717) is 19.5 Å². The fourth-order valence-electron chi connectivity index (χ4n) is 4.97. The number of hydrogen-bond acceptors (Lipinski definition) is 5. The van der Waals surface area contributed by atoms with Crippen molar-refractivity contribution in [3.05, 3.63) is 59.9 Å². The first kappa shape index (κ1) is 29.7. The molecule has 0 bridgehead atoms. The first-order valence-corrected chi connectivity index (χ1v) is 13.1. The first-order valence-electron chi connectivity index (χ1n) is 13.1. The summed E-state index contributed by atoms with van der Waals surface area (Å²) in [5, 5.41) is 0. The van der Waals surface area contributed by atoms with Crippen LogP contribution in [0.25, 0.3) is 0 Å². The fraction of sp³-hybridized carbons (Fsp3) is 0.586. The quantitative estimate of drug-likeness (QED) is 0.278. The molecule has 2 rings (SSSR count). The Labute approximate surface area is 216 Å². The molecule has 0 aliphatic carbocycles. The Kier molecular flexibility index (Phi) is 12.9. The SMILES string of the molecule is C=CC1=C(/C=C\C)OC(CC)CC1CN1CCN(C)C(C(=O)N(CC=O)CCC(/C=C\CF)=C/C)C1. The van der Waals surface area contributed by atoms with E-state index < -0.39 is 6.67 Å². The molecule has 6 nitrogen and oxygen atoms in total. The van der Waals surface area contributed by atoms with Gasteiger partial charge in [-0.15, -0.1) is 0 Å². The molecule has 3 unspecified atom stereocenters. The number of allylic oxidation sites excluding steroid dienone is 6. The average Bonchev–Trinajstić information content (AvgIpc) is 2.88. The highest BCUT2D eigenvalue weighted by Crippen LogP contribution is 2.33. The third-order valence-corrected chi connectivity index (χ3v) is 7.12. The number of nitrogens with zero attached hydrogens (tertiary/aromatic N) is 3. The number of hydrogen-bond donors (Lipinski definition) is 0. The molecule has 0 N–H and O–H groups in total. The standard InChI is InChI=1S/C29H44FN3O3/c1-6-11-28-26(9-4)24(20-25(8-3)36-28)21-32-17-16-31(5)27(22-32)29(35)33(18-19-34)15-13-23(7-2)12-10-14-30/h6-7,9-12,19,24-25,27H,4,8,13-18,20-22H2,1-3,5H3/b11-6-,12-10-,23-7+. The van der Waals surface area contributed by atoms with Crippen LogP contribution in [0, 0.1) is 5.92 Å². The zero-order chi connectivity index (χ0) is 26.5.